The fraction of sp³-hybridized carbons (Fsp3) is 0.500. The molecule has 0 spiro atoms. The normalized spacial score (nSPS) is 30.6. The molecule has 0 unspecified atom stereocenters. The van der Waals surface area contributed by atoms with Gasteiger partial charge in [-0.3, -0.25) is 0 Å². The molecular weight excluding hydrogens is 126 g/mol. The molecule has 1 aliphatic rings. The smallest absolute Gasteiger partial charge is 0.104 e. The minimum atomic E-state index is 0.385. The lowest BCUT2D eigenvalue weighted by molar-refractivity contribution is 0.529. The molecule has 1 aliphatic carbocycles. The van der Waals surface area contributed by atoms with Crippen LogP contribution in [-0.2, 0) is 0 Å². The summed E-state index contributed by atoms with van der Waals surface area (Å²) in [5.41, 5.74) is 6.98. The molecule has 1 saturated carbocycles. The summed E-state index contributed by atoms with van der Waals surface area (Å²) >= 11 is 0. The van der Waals surface area contributed by atoms with Crippen molar-refractivity contribution in [2.45, 2.75) is 25.3 Å². The lowest BCUT2D eigenvalue weighted by atomic mass is 10.2. The fourth-order valence-corrected chi connectivity index (χ4v) is 1.35. The molecule has 54 valence electrons. The van der Waals surface area contributed by atoms with Gasteiger partial charge >= 0.3 is 0 Å². The Hall–Kier alpha value is -0.760. The zero-order valence-corrected chi connectivity index (χ0v) is 6.00. The molecule has 2 atom stereocenters. The number of hydrogen-bond donors (Lipinski definition) is 1. The minimum Gasteiger partial charge on any atom is -0.469 e. The molecule has 0 aromatic carbocycles. The average Bonchev–Trinajstić information content (AvgIpc) is 2.42. The van der Waals surface area contributed by atoms with Crippen molar-refractivity contribution in [1.29, 1.82) is 0 Å². The van der Waals surface area contributed by atoms with E-state index in [1.54, 1.807) is 6.26 Å². The molecule has 2 N–H and O–H groups in total. The van der Waals surface area contributed by atoms with Crippen molar-refractivity contribution in [2.75, 3.05) is 0 Å². The van der Waals surface area contributed by atoms with E-state index >= 15 is 0 Å². The van der Waals surface area contributed by atoms with Crippen LogP contribution in [0.5, 0.6) is 0 Å². The SMILES string of the molecule is Cc1occc1[C@@H]1C[C@H]1N. The fourth-order valence-electron chi connectivity index (χ4n) is 1.35. The first-order chi connectivity index (χ1) is 4.79. The molecule has 1 heterocycles. The molecule has 0 aliphatic heterocycles. The van der Waals surface area contributed by atoms with Crippen molar-refractivity contribution in [1.82, 2.24) is 0 Å². The zero-order valence-electron chi connectivity index (χ0n) is 6.00. The second-order valence-electron chi connectivity index (χ2n) is 2.94. The molecule has 2 heteroatoms. The largest absolute Gasteiger partial charge is 0.469 e. The molecule has 2 nitrogen and oxygen atoms in total. The summed E-state index contributed by atoms with van der Waals surface area (Å²) in [6, 6.07) is 2.41. The second kappa shape index (κ2) is 1.86. The van der Waals surface area contributed by atoms with Gasteiger partial charge in [-0.15, -0.1) is 0 Å². The van der Waals surface area contributed by atoms with Gasteiger partial charge in [0.05, 0.1) is 6.26 Å². The van der Waals surface area contributed by atoms with Crippen LogP contribution in [0.3, 0.4) is 0 Å². The van der Waals surface area contributed by atoms with Crippen molar-refractivity contribution in [3.63, 3.8) is 0 Å². The van der Waals surface area contributed by atoms with Crippen molar-refractivity contribution in [2.24, 2.45) is 5.73 Å². The van der Waals surface area contributed by atoms with E-state index in [1.807, 2.05) is 13.0 Å². The summed E-state index contributed by atoms with van der Waals surface area (Å²) in [7, 11) is 0. The van der Waals surface area contributed by atoms with Gasteiger partial charge < -0.3 is 10.2 Å². The summed E-state index contributed by atoms with van der Waals surface area (Å²) < 4.78 is 5.16. The van der Waals surface area contributed by atoms with Crippen molar-refractivity contribution in [3.05, 3.63) is 23.7 Å². The van der Waals surface area contributed by atoms with Crippen LogP contribution in [0.15, 0.2) is 16.7 Å². The lowest BCUT2D eigenvalue weighted by Gasteiger charge is -1.91. The van der Waals surface area contributed by atoms with E-state index in [0.29, 0.717) is 12.0 Å². The third-order valence-electron chi connectivity index (χ3n) is 2.14. The first kappa shape index (κ1) is 5.98. The van der Waals surface area contributed by atoms with E-state index in [9.17, 15) is 0 Å². The quantitative estimate of drug-likeness (QED) is 0.635. The van der Waals surface area contributed by atoms with Gasteiger partial charge in [0, 0.05) is 12.0 Å². The third kappa shape index (κ3) is 0.762. The number of hydrogen-bond acceptors (Lipinski definition) is 2. The molecule has 10 heavy (non-hydrogen) atoms. The summed E-state index contributed by atoms with van der Waals surface area (Å²) in [6.07, 6.45) is 2.86. The highest BCUT2D eigenvalue weighted by molar-refractivity contribution is 5.28. The Morgan fingerprint density at radius 1 is 1.70 bits per heavy atom. The van der Waals surface area contributed by atoms with E-state index in [0.717, 1.165) is 12.2 Å². The number of aryl methyl sites for hydroxylation is 1. The van der Waals surface area contributed by atoms with Crippen LogP contribution in [0.1, 0.15) is 23.7 Å². The zero-order chi connectivity index (χ0) is 7.14. The van der Waals surface area contributed by atoms with Gasteiger partial charge in [-0.2, -0.15) is 0 Å². The van der Waals surface area contributed by atoms with Crippen LogP contribution in [0, 0.1) is 6.92 Å². The number of furan rings is 1. The summed E-state index contributed by atoms with van der Waals surface area (Å²) in [5.74, 6) is 1.61. The maximum Gasteiger partial charge on any atom is 0.104 e. The molecule has 2 rings (SSSR count). The maximum atomic E-state index is 5.68. The summed E-state index contributed by atoms with van der Waals surface area (Å²) in [5, 5.41) is 0. The predicted molar refractivity (Wildman–Crippen MR) is 38.8 cm³/mol. The highest BCUT2D eigenvalue weighted by atomic mass is 16.3. The van der Waals surface area contributed by atoms with E-state index in [4.69, 9.17) is 10.2 Å². The molecular formula is C8H11NO. The summed E-state index contributed by atoms with van der Waals surface area (Å²) in [6.45, 7) is 1.99. The molecule has 0 saturated heterocycles. The Labute approximate surface area is 60.0 Å². The summed E-state index contributed by atoms with van der Waals surface area (Å²) in [4.78, 5) is 0. The van der Waals surface area contributed by atoms with Gasteiger partial charge in [0.15, 0.2) is 0 Å². The Balaban J connectivity index is 2.26. The van der Waals surface area contributed by atoms with Gasteiger partial charge in [-0.05, 0) is 25.0 Å². The van der Waals surface area contributed by atoms with Crippen LogP contribution in [0.2, 0.25) is 0 Å². The van der Waals surface area contributed by atoms with E-state index in [1.165, 1.54) is 5.56 Å². The molecule has 1 fully saturated rings. The van der Waals surface area contributed by atoms with Crippen LogP contribution in [0.4, 0.5) is 0 Å². The first-order valence-electron chi connectivity index (χ1n) is 3.58. The van der Waals surface area contributed by atoms with Gasteiger partial charge in [0.1, 0.15) is 5.76 Å². The Bertz CT molecular complexity index is 241. The minimum absolute atomic E-state index is 0.385. The monoisotopic (exact) mass is 137 g/mol. The highest BCUT2D eigenvalue weighted by Crippen LogP contribution is 2.40. The Morgan fingerprint density at radius 2 is 2.40 bits per heavy atom. The van der Waals surface area contributed by atoms with Crippen LogP contribution in [0.25, 0.3) is 0 Å². The van der Waals surface area contributed by atoms with Gasteiger partial charge in [0.25, 0.3) is 0 Å². The number of nitrogens with two attached hydrogens (primary N) is 1. The predicted octanol–water partition coefficient (Wildman–Crippen LogP) is 1.40. The molecule has 1 aromatic heterocycles. The van der Waals surface area contributed by atoms with Crippen molar-refractivity contribution in [3.8, 4) is 0 Å². The van der Waals surface area contributed by atoms with Crippen LogP contribution < -0.4 is 5.73 Å². The first-order valence-corrected chi connectivity index (χ1v) is 3.58. The Morgan fingerprint density at radius 3 is 2.80 bits per heavy atom. The number of rotatable bonds is 1. The standard InChI is InChI=1S/C8H11NO/c1-5-6(2-3-10-5)7-4-8(7)9/h2-3,7-8H,4,9H2,1H3/t7-,8+/m0/s1. The van der Waals surface area contributed by atoms with Crippen molar-refractivity contribution >= 4 is 0 Å². The molecule has 0 bridgehead atoms. The molecule has 1 aromatic rings. The lowest BCUT2D eigenvalue weighted by Crippen LogP contribution is -2.00. The second-order valence-corrected chi connectivity index (χ2v) is 2.94. The molecule has 0 amide bonds. The van der Waals surface area contributed by atoms with Gasteiger partial charge in [0.2, 0.25) is 0 Å². The van der Waals surface area contributed by atoms with Gasteiger partial charge in [-0.1, -0.05) is 0 Å². The Kier molecular flexibility index (Phi) is 1.11. The maximum absolute atomic E-state index is 5.68. The third-order valence-corrected chi connectivity index (χ3v) is 2.14. The van der Waals surface area contributed by atoms with E-state index < -0.39 is 0 Å². The van der Waals surface area contributed by atoms with Crippen LogP contribution in [-0.4, -0.2) is 6.04 Å². The van der Waals surface area contributed by atoms with E-state index in [2.05, 4.69) is 0 Å². The average molecular weight is 137 g/mol. The van der Waals surface area contributed by atoms with E-state index in [-0.39, 0.29) is 0 Å². The topological polar surface area (TPSA) is 39.2 Å². The van der Waals surface area contributed by atoms with Crippen LogP contribution >= 0.6 is 0 Å². The highest BCUT2D eigenvalue weighted by Gasteiger charge is 2.36. The molecule has 0 radical (unpaired) electrons. The van der Waals surface area contributed by atoms with Gasteiger partial charge in [-0.25, -0.2) is 0 Å². The van der Waals surface area contributed by atoms with Crippen molar-refractivity contribution < 1.29 is 4.42 Å².